The first-order valence-electron chi connectivity index (χ1n) is 5.13. The molecule has 5 heteroatoms. The average molecular weight is 260 g/mol. The van der Waals surface area contributed by atoms with Gasteiger partial charge in [-0.1, -0.05) is 23.8 Å². The largest absolute Gasteiger partial charge is 1.00 e. The van der Waals surface area contributed by atoms with Gasteiger partial charge < -0.3 is 28.0 Å². The maximum absolute atomic E-state index is 11.3. The molecule has 17 heavy (non-hydrogen) atoms. The molecule has 0 saturated carbocycles. The van der Waals surface area contributed by atoms with E-state index in [4.69, 9.17) is 0 Å². The minimum atomic E-state index is -0.923. The third-order valence-corrected chi connectivity index (χ3v) is 2.63. The summed E-state index contributed by atoms with van der Waals surface area (Å²) < 4.78 is 4.56. The molecule has 0 aliphatic heterocycles. The molecule has 2 atom stereocenters. The van der Waals surface area contributed by atoms with E-state index in [0.717, 1.165) is 16.7 Å². The molecule has 0 aliphatic carbocycles. The molecule has 0 heterocycles. The van der Waals surface area contributed by atoms with E-state index in [0.29, 0.717) is 0 Å². The molecule has 4 nitrogen and oxygen atoms in total. The molecule has 0 amide bonds. The van der Waals surface area contributed by atoms with Crippen molar-refractivity contribution in [2.45, 2.75) is 26.0 Å². The van der Waals surface area contributed by atoms with Crippen LogP contribution in [0.3, 0.4) is 0 Å². The third kappa shape index (κ3) is 3.70. The Kier molecular flexibility index (Phi) is 6.16. The van der Waals surface area contributed by atoms with Gasteiger partial charge in [-0.2, -0.15) is 0 Å². The second-order valence-corrected chi connectivity index (χ2v) is 3.93. The molecule has 1 aromatic carbocycles. The molecule has 0 aliphatic rings. The Labute approximate surface area is 107 Å². The first-order chi connectivity index (χ1) is 7.47. The Bertz CT molecular complexity index is 395. The Morgan fingerprint density at radius 2 is 2.00 bits per heavy atom. The number of aryl methyl sites for hydroxylation is 2. The van der Waals surface area contributed by atoms with E-state index in [2.05, 4.69) is 10.5 Å². The summed E-state index contributed by atoms with van der Waals surface area (Å²) in [4.78, 5) is 11.3. The first-order valence-corrected chi connectivity index (χ1v) is 5.13. The molecule has 0 bridgehead atoms. The van der Waals surface area contributed by atoms with E-state index in [1.807, 2.05) is 32.0 Å². The van der Waals surface area contributed by atoms with Crippen molar-refractivity contribution in [3.8, 4) is 0 Å². The van der Waals surface area contributed by atoms with Crippen LogP contribution in [0.1, 0.15) is 22.8 Å². The lowest BCUT2D eigenvalue weighted by Crippen LogP contribution is -3.00. The Hall–Kier alpha value is -1.10. The zero-order valence-electron chi connectivity index (χ0n) is 10.2. The Balaban J connectivity index is 0.00000256. The minimum Gasteiger partial charge on any atom is -1.00 e. The van der Waals surface area contributed by atoms with Gasteiger partial charge >= 0.3 is 5.97 Å². The quantitative estimate of drug-likeness (QED) is 0.573. The molecule has 96 valence electrons. The van der Waals surface area contributed by atoms with Gasteiger partial charge in [-0.25, -0.2) is 4.79 Å². The summed E-state index contributed by atoms with van der Waals surface area (Å²) in [5, 5.41) is 10.00. The topological polar surface area (TPSA) is 74.2 Å². The number of hydrogen-bond acceptors (Lipinski definition) is 3. The van der Waals surface area contributed by atoms with E-state index in [9.17, 15) is 9.90 Å². The van der Waals surface area contributed by atoms with Gasteiger partial charge in [-0.3, -0.25) is 0 Å². The van der Waals surface area contributed by atoms with Crippen LogP contribution in [-0.2, 0) is 9.53 Å². The molecule has 1 aromatic rings. The number of quaternary nitrogens is 1. The van der Waals surface area contributed by atoms with Gasteiger partial charge in [0.15, 0.2) is 0 Å². The van der Waals surface area contributed by atoms with Crippen molar-refractivity contribution in [1.29, 1.82) is 0 Å². The summed E-state index contributed by atoms with van der Waals surface area (Å²) in [6, 6.07) is 4.88. The van der Waals surface area contributed by atoms with Crippen molar-refractivity contribution in [3.63, 3.8) is 0 Å². The molecule has 0 saturated heterocycles. The van der Waals surface area contributed by atoms with Crippen LogP contribution in [0, 0.1) is 13.8 Å². The maximum atomic E-state index is 11.3. The molecule has 0 unspecified atom stereocenters. The van der Waals surface area contributed by atoms with Crippen LogP contribution in [0.5, 0.6) is 0 Å². The van der Waals surface area contributed by atoms with Gasteiger partial charge in [-0.05, 0) is 25.0 Å². The second-order valence-electron chi connectivity index (χ2n) is 3.93. The number of halogens is 1. The molecular formula is C12H18ClNO3. The molecule has 4 N–H and O–H groups in total. The highest BCUT2D eigenvalue weighted by Gasteiger charge is 2.29. The number of carbonyl (C=O) groups is 1. The average Bonchev–Trinajstić information content (AvgIpc) is 2.26. The summed E-state index contributed by atoms with van der Waals surface area (Å²) in [6.45, 7) is 3.88. The zero-order valence-corrected chi connectivity index (χ0v) is 11.0. The molecule has 0 aromatic heterocycles. The normalized spacial score (nSPS) is 13.5. The predicted molar refractivity (Wildman–Crippen MR) is 59.6 cm³/mol. The molecular weight excluding hydrogens is 242 g/mol. The van der Waals surface area contributed by atoms with Gasteiger partial charge in [0.05, 0.1) is 7.11 Å². The van der Waals surface area contributed by atoms with E-state index >= 15 is 0 Å². The number of hydrogen-bond donors (Lipinski definition) is 2. The van der Waals surface area contributed by atoms with E-state index in [1.165, 1.54) is 7.11 Å². The lowest BCUT2D eigenvalue weighted by Gasteiger charge is -2.16. The van der Waals surface area contributed by atoms with Crippen LogP contribution in [0.15, 0.2) is 18.2 Å². The number of methoxy groups -OCH3 is 1. The first kappa shape index (κ1) is 15.9. The van der Waals surface area contributed by atoms with Crippen molar-refractivity contribution >= 4 is 5.97 Å². The van der Waals surface area contributed by atoms with E-state index < -0.39 is 18.1 Å². The number of rotatable bonds is 3. The highest BCUT2D eigenvalue weighted by atomic mass is 35.5. The number of carbonyl (C=O) groups excluding carboxylic acids is 1. The smallest absolute Gasteiger partial charge is 0.367 e. The van der Waals surface area contributed by atoms with Crippen LogP contribution < -0.4 is 18.1 Å². The summed E-state index contributed by atoms with van der Waals surface area (Å²) in [5.74, 6) is -0.507. The summed E-state index contributed by atoms with van der Waals surface area (Å²) in [5.41, 5.74) is 6.41. The minimum absolute atomic E-state index is 0. The van der Waals surface area contributed by atoms with Crippen LogP contribution >= 0.6 is 0 Å². The maximum Gasteiger partial charge on any atom is 0.367 e. The molecule has 0 fully saturated rings. The fourth-order valence-corrected chi connectivity index (χ4v) is 1.65. The Morgan fingerprint density at radius 3 is 2.47 bits per heavy atom. The zero-order chi connectivity index (χ0) is 12.3. The van der Waals surface area contributed by atoms with Gasteiger partial charge in [0.1, 0.15) is 6.10 Å². The van der Waals surface area contributed by atoms with Crippen molar-refractivity contribution < 1.29 is 32.8 Å². The third-order valence-electron chi connectivity index (χ3n) is 2.63. The summed E-state index contributed by atoms with van der Waals surface area (Å²) >= 11 is 0. The number of aliphatic hydroxyl groups excluding tert-OH is 1. The molecule has 0 spiro atoms. The second kappa shape index (κ2) is 6.59. The highest BCUT2D eigenvalue weighted by Crippen LogP contribution is 2.20. The number of benzene rings is 1. The highest BCUT2D eigenvalue weighted by molar-refractivity contribution is 5.74. The molecule has 1 rings (SSSR count). The van der Waals surface area contributed by atoms with Gasteiger partial charge in [0.25, 0.3) is 0 Å². The van der Waals surface area contributed by atoms with Crippen LogP contribution in [-0.4, -0.2) is 24.2 Å². The van der Waals surface area contributed by atoms with Crippen molar-refractivity contribution in [2.24, 2.45) is 0 Å². The SMILES string of the molecule is COC(=O)[C@@H]([NH3+])[C@H](O)c1ccc(C)cc1C.[Cl-]. The van der Waals surface area contributed by atoms with Crippen molar-refractivity contribution in [1.82, 2.24) is 0 Å². The lowest BCUT2D eigenvalue weighted by atomic mass is 9.97. The monoisotopic (exact) mass is 259 g/mol. The number of esters is 1. The van der Waals surface area contributed by atoms with Gasteiger partial charge in [0.2, 0.25) is 6.04 Å². The summed E-state index contributed by atoms with van der Waals surface area (Å²) in [6.07, 6.45) is -0.923. The molecule has 0 radical (unpaired) electrons. The Morgan fingerprint density at radius 1 is 1.41 bits per heavy atom. The van der Waals surface area contributed by atoms with Gasteiger partial charge in [0, 0.05) is 0 Å². The van der Waals surface area contributed by atoms with Crippen LogP contribution in [0.4, 0.5) is 0 Å². The fraction of sp³-hybridized carbons (Fsp3) is 0.417. The number of ether oxygens (including phenoxy) is 1. The standard InChI is InChI=1S/C12H17NO3.ClH/c1-7-4-5-9(8(2)6-7)11(14)10(13)12(15)16-3;/h4-6,10-11,14H,13H2,1-3H3;1H/t10-,11+;/m0./s1. The summed E-state index contributed by atoms with van der Waals surface area (Å²) in [7, 11) is 1.29. The fourth-order valence-electron chi connectivity index (χ4n) is 1.65. The predicted octanol–water partition coefficient (Wildman–Crippen LogP) is -2.88. The van der Waals surface area contributed by atoms with Crippen molar-refractivity contribution in [3.05, 3.63) is 34.9 Å². The number of aliphatic hydroxyl groups is 1. The van der Waals surface area contributed by atoms with Crippen LogP contribution in [0.2, 0.25) is 0 Å². The van der Waals surface area contributed by atoms with E-state index in [1.54, 1.807) is 0 Å². The lowest BCUT2D eigenvalue weighted by molar-refractivity contribution is -0.426. The van der Waals surface area contributed by atoms with Crippen LogP contribution in [0.25, 0.3) is 0 Å². The van der Waals surface area contributed by atoms with Gasteiger partial charge in [-0.15, -0.1) is 0 Å². The van der Waals surface area contributed by atoms with E-state index in [-0.39, 0.29) is 12.4 Å². The van der Waals surface area contributed by atoms with Crippen molar-refractivity contribution in [2.75, 3.05) is 7.11 Å².